The predicted molar refractivity (Wildman–Crippen MR) is 164 cm³/mol. The van der Waals surface area contributed by atoms with Crippen LogP contribution in [-0.4, -0.2) is 42.0 Å². The number of fused-ring (bicyclic) bond motifs is 2. The van der Waals surface area contributed by atoms with Crippen molar-refractivity contribution in [2.75, 3.05) is 24.6 Å². The Balaban J connectivity index is 1.66. The van der Waals surface area contributed by atoms with E-state index in [4.69, 9.17) is 21.1 Å². The zero-order valence-corrected chi connectivity index (χ0v) is 25.5. The Morgan fingerprint density at radius 1 is 1.17 bits per heavy atom. The smallest absolute Gasteiger partial charge is 0.311 e. The molecule has 5 atom stereocenters. The van der Waals surface area contributed by atoms with Gasteiger partial charge in [0, 0.05) is 18.1 Å². The molecule has 0 spiro atoms. The van der Waals surface area contributed by atoms with Crippen molar-refractivity contribution in [2.24, 2.45) is 23.7 Å². The Morgan fingerprint density at radius 3 is 2.66 bits per heavy atom. The minimum atomic E-state index is -0.994. The molecule has 1 fully saturated rings. The van der Waals surface area contributed by atoms with Crippen molar-refractivity contribution in [3.05, 3.63) is 70.8 Å². The van der Waals surface area contributed by atoms with Crippen LogP contribution in [0.3, 0.4) is 0 Å². The van der Waals surface area contributed by atoms with Gasteiger partial charge in [-0.2, -0.15) is 0 Å². The molecule has 0 aromatic heterocycles. The molecule has 1 aliphatic heterocycles. The van der Waals surface area contributed by atoms with Crippen LogP contribution in [0.1, 0.15) is 75.7 Å². The first-order chi connectivity index (χ1) is 19.7. The molecular formula is C34H46ClNO5. The lowest BCUT2D eigenvalue weighted by Gasteiger charge is -2.42. The maximum atomic E-state index is 12.9. The summed E-state index contributed by atoms with van der Waals surface area (Å²) in [6, 6.07) is 11.7. The number of halogens is 1. The first kappa shape index (κ1) is 31.4. The van der Waals surface area contributed by atoms with Crippen molar-refractivity contribution >= 4 is 23.3 Å². The quantitative estimate of drug-likeness (QED) is 0.234. The minimum Gasteiger partial charge on any atom is -0.487 e. The third-order valence-electron chi connectivity index (χ3n) is 8.63. The fraction of sp³-hybridized carbons (Fsp3) is 0.559. The highest BCUT2D eigenvalue weighted by Crippen LogP contribution is 2.41. The van der Waals surface area contributed by atoms with Crippen LogP contribution in [-0.2, 0) is 22.6 Å². The molecular weight excluding hydrogens is 538 g/mol. The summed E-state index contributed by atoms with van der Waals surface area (Å²) < 4.78 is 12.0. The number of carbonyl (C=O) groups is 1. The van der Waals surface area contributed by atoms with Gasteiger partial charge >= 0.3 is 5.97 Å². The number of benzene rings is 2. The zero-order chi connectivity index (χ0) is 29.5. The van der Waals surface area contributed by atoms with E-state index in [2.05, 4.69) is 11.5 Å². The molecule has 6 nitrogen and oxygen atoms in total. The lowest BCUT2D eigenvalue weighted by atomic mass is 9.70. The number of aliphatic hydroxyl groups is 2. The van der Waals surface area contributed by atoms with Gasteiger partial charge in [-0.15, -0.1) is 6.58 Å². The van der Waals surface area contributed by atoms with Gasteiger partial charge in [0.05, 0.1) is 30.4 Å². The van der Waals surface area contributed by atoms with Crippen molar-refractivity contribution in [3.8, 4) is 5.75 Å². The summed E-state index contributed by atoms with van der Waals surface area (Å²) in [5, 5.41) is 22.6. The Labute approximate surface area is 250 Å². The highest BCUT2D eigenvalue weighted by Gasteiger charge is 2.37. The molecule has 0 amide bonds. The van der Waals surface area contributed by atoms with Crippen LogP contribution in [0.25, 0.3) is 0 Å². The van der Waals surface area contributed by atoms with Crippen molar-refractivity contribution in [1.29, 1.82) is 0 Å². The average Bonchev–Trinajstić information content (AvgIpc) is 2.97. The summed E-state index contributed by atoms with van der Waals surface area (Å²) in [4.78, 5) is 15.2. The summed E-state index contributed by atoms with van der Waals surface area (Å²) in [7, 11) is 0. The average molecular weight is 584 g/mol. The van der Waals surface area contributed by atoms with Crippen LogP contribution < -0.4 is 9.64 Å². The molecule has 1 aliphatic carbocycles. The van der Waals surface area contributed by atoms with Crippen molar-refractivity contribution in [1.82, 2.24) is 0 Å². The first-order valence-electron chi connectivity index (χ1n) is 15.2. The van der Waals surface area contributed by atoms with Gasteiger partial charge in [0.2, 0.25) is 0 Å². The summed E-state index contributed by atoms with van der Waals surface area (Å²) >= 11 is 6.32. The minimum absolute atomic E-state index is 0.190. The van der Waals surface area contributed by atoms with Gasteiger partial charge < -0.3 is 24.6 Å². The highest BCUT2D eigenvalue weighted by molar-refractivity contribution is 6.30. The van der Waals surface area contributed by atoms with E-state index < -0.39 is 18.1 Å². The number of aryl methyl sites for hydroxylation is 1. The van der Waals surface area contributed by atoms with Crippen LogP contribution in [0, 0.1) is 23.7 Å². The molecule has 2 aliphatic rings. The Kier molecular flexibility index (Phi) is 11.2. The van der Waals surface area contributed by atoms with E-state index >= 15 is 0 Å². The second kappa shape index (κ2) is 14.6. The van der Waals surface area contributed by atoms with E-state index in [-0.39, 0.29) is 17.8 Å². The molecule has 7 heteroatoms. The van der Waals surface area contributed by atoms with Gasteiger partial charge in [-0.05, 0) is 97.2 Å². The van der Waals surface area contributed by atoms with Crippen LogP contribution >= 0.6 is 11.6 Å². The Bertz CT molecular complexity index is 1180. The van der Waals surface area contributed by atoms with E-state index in [9.17, 15) is 15.0 Å². The van der Waals surface area contributed by atoms with E-state index in [1.807, 2.05) is 57.2 Å². The van der Waals surface area contributed by atoms with Crippen molar-refractivity contribution in [2.45, 2.75) is 78.1 Å². The number of hydrogen-bond donors (Lipinski definition) is 2. The number of anilines is 1. The van der Waals surface area contributed by atoms with Crippen molar-refractivity contribution in [3.63, 3.8) is 0 Å². The molecule has 1 saturated carbocycles. The molecule has 0 bridgehead atoms. The molecule has 0 saturated heterocycles. The van der Waals surface area contributed by atoms with E-state index in [0.717, 1.165) is 67.2 Å². The second-order valence-electron chi connectivity index (χ2n) is 12.0. The van der Waals surface area contributed by atoms with E-state index in [0.29, 0.717) is 31.1 Å². The lowest BCUT2D eigenvalue weighted by Crippen LogP contribution is -2.43. The fourth-order valence-electron chi connectivity index (χ4n) is 5.98. The summed E-state index contributed by atoms with van der Waals surface area (Å²) in [5.74, 6) is 0.460. The highest BCUT2D eigenvalue weighted by atomic mass is 35.5. The monoisotopic (exact) mass is 583 g/mol. The van der Waals surface area contributed by atoms with Gasteiger partial charge in [-0.3, -0.25) is 4.79 Å². The third kappa shape index (κ3) is 7.85. The van der Waals surface area contributed by atoms with Gasteiger partial charge in [0.15, 0.2) is 0 Å². The molecule has 2 N–H and O–H groups in total. The molecule has 4 rings (SSSR count). The molecule has 0 unspecified atom stereocenters. The number of nitrogens with zero attached hydrogens (tertiary/aromatic N) is 1. The molecule has 1 heterocycles. The topological polar surface area (TPSA) is 79.2 Å². The molecule has 224 valence electrons. The summed E-state index contributed by atoms with van der Waals surface area (Å²) in [6.07, 6.45) is 5.54. The van der Waals surface area contributed by atoms with Crippen LogP contribution in [0.4, 0.5) is 5.69 Å². The maximum Gasteiger partial charge on any atom is 0.311 e. The second-order valence-corrected chi connectivity index (χ2v) is 12.5. The van der Waals surface area contributed by atoms with E-state index in [1.165, 1.54) is 5.56 Å². The zero-order valence-electron chi connectivity index (χ0n) is 24.7. The standard InChI is InChI=1S/C34H46ClNO5/c1-5-28(34(39)41-20-22(3)4)33(38)24-12-15-32-30(18-24)36(19-25-11-14-29(25)31(37)6-2)16-8-7-9-23-17-27(35)13-10-26(23)21-40-32/h6,10,12-13,15,17-18,22,25,28-29,31,33,37-38H,2,5,7-9,11,14,16,19-21H2,1,3-4H3/t25-,28+,29+,31-,33+/m0/s1. The normalized spacial score (nSPS) is 21.3. The number of esters is 1. The predicted octanol–water partition coefficient (Wildman–Crippen LogP) is 6.89. The van der Waals surface area contributed by atoms with Gasteiger partial charge in [0.1, 0.15) is 12.4 Å². The Morgan fingerprint density at radius 2 is 1.98 bits per heavy atom. The molecule has 41 heavy (non-hydrogen) atoms. The summed E-state index contributed by atoms with van der Waals surface area (Å²) in [6.45, 7) is 12.0. The number of ether oxygens (including phenoxy) is 2. The number of rotatable bonds is 10. The SMILES string of the molecule is C=C[C@H](O)[C@@H]1CC[C@H]1CN1CCCCc2cc(Cl)ccc2COc2ccc([C@@H](O)[C@@H](CC)C(=O)OCC(C)C)cc21. The Hall–Kier alpha value is -2.54. The van der Waals surface area contributed by atoms with Crippen LogP contribution in [0.15, 0.2) is 49.1 Å². The molecule has 2 aromatic rings. The van der Waals surface area contributed by atoms with Gasteiger partial charge in [-0.1, -0.05) is 50.6 Å². The van der Waals surface area contributed by atoms with Gasteiger partial charge in [0.25, 0.3) is 0 Å². The van der Waals surface area contributed by atoms with E-state index in [1.54, 1.807) is 6.08 Å². The van der Waals surface area contributed by atoms with Crippen molar-refractivity contribution < 1.29 is 24.5 Å². The van der Waals surface area contributed by atoms with Gasteiger partial charge in [-0.25, -0.2) is 0 Å². The van der Waals surface area contributed by atoms with Crippen LogP contribution in [0.2, 0.25) is 5.02 Å². The molecule has 2 aromatic carbocycles. The molecule has 0 radical (unpaired) electrons. The number of aliphatic hydroxyl groups excluding tert-OH is 2. The number of hydrogen-bond acceptors (Lipinski definition) is 6. The maximum absolute atomic E-state index is 12.9. The lowest BCUT2D eigenvalue weighted by molar-refractivity contribution is -0.154. The van der Waals surface area contributed by atoms with Crippen LogP contribution in [0.5, 0.6) is 5.75 Å². The number of carbonyl (C=O) groups excluding carboxylic acids is 1. The summed E-state index contributed by atoms with van der Waals surface area (Å²) in [5.41, 5.74) is 3.90. The fourth-order valence-corrected chi connectivity index (χ4v) is 6.17. The first-order valence-corrected chi connectivity index (χ1v) is 15.5. The largest absolute Gasteiger partial charge is 0.487 e. The third-order valence-corrected chi connectivity index (χ3v) is 8.87.